The lowest BCUT2D eigenvalue weighted by Gasteiger charge is -2.42. The van der Waals surface area contributed by atoms with Crippen LogP contribution in [0.4, 0.5) is 10.8 Å². The van der Waals surface area contributed by atoms with Crippen molar-refractivity contribution in [3.05, 3.63) is 51.0 Å². The molecule has 4 amide bonds. The first kappa shape index (κ1) is 37.6. The van der Waals surface area contributed by atoms with Crippen LogP contribution in [0.5, 0.6) is 0 Å². The number of alkyl halides is 1. The van der Waals surface area contributed by atoms with E-state index in [1.54, 1.807) is 0 Å². The standard InChI is InChI=1S/C22H22ClN7O15S3/c1-10(6-15(32)44-8-11-2-4-12(5-3-11)30(36)37)45-27-16(13-9-46-22(24-13)25-14(31)7-23)19(33)26-17-18(20(34)28-47(38,39)40)29(21(17)35)48(41,42)43/h2-5,9-10,17-18H,6-8H2,1H3,(H,26,33)(H,28,34)(H,24,25,31)(H,38,39,40)(H,41,42,43)/t10?,17-,18-/m1/s1. The monoisotopic (exact) mass is 755 g/mol. The molecule has 1 fully saturated rings. The molecule has 1 aromatic heterocycles. The van der Waals surface area contributed by atoms with Crippen molar-refractivity contribution in [2.24, 2.45) is 5.16 Å². The highest BCUT2D eigenvalue weighted by molar-refractivity contribution is 7.84. The van der Waals surface area contributed by atoms with Crippen molar-refractivity contribution >= 4 is 89.7 Å². The first-order valence-electron chi connectivity index (χ1n) is 12.7. The van der Waals surface area contributed by atoms with Gasteiger partial charge in [0.05, 0.1) is 11.3 Å². The average molecular weight is 756 g/mol. The van der Waals surface area contributed by atoms with E-state index in [1.165, 1.54) is 36.6 Å². The van der Waals surface area contributed by atoms with Crippen LogP contribution in [0.25, 0.3) is 0 Å². The number of esters is 1. The van der Waals surface area contributed by atoms with Crippen molar-refractivity contribution in [1.82, 2.24) is 19.3 Å². The van der Waals surface area contributed by atoms with Crippen LogP contribution in [0.3, 0.4) is 0 Å². The summed E-state index contributed by atoms with van der Waals surface area (Å²) in [5.41, 5.74) is -0.835. The number of hydrogen-bond donors (Lipinski definition) is 5. The number of β-lactam (4-membered cyclic amide) rings is 1. The van der Waals surface area contributed by atoms with Gasteiger partial charge in [0.15, 0.2) is 16.9 Å². The van der Waals surface area contributed by atoms with Gasteiger partial charge in [-0.2, -0.15) is 21.1 Å². The molecular weight excluding hydrogens is 734 g/mol. The van der Waals surface area contributed by atoms with Crippen molar-refractivity contribution in [3.63, 3.8) is 0 Å². The zero-order valence-electron chi connectivity index (χ0n) is 23.8. The van der Waals surface area contributed by atoms with Gasteiger partial charge < -0.3 is 20.2 Å². The third-order valence-electron chi connectivity index (χ3n) is 5.74. The van der Waals surface area contributed by atoms with Gasteiger partial charge in [0, 0.05) is 17.5 Å². The highest BCUT2D eigenvalue weighted by atomic mass is 35.5. The Morgan fingerprint density at radius 2 is 1.83 bits per heavy atom. The van der Waals surface area contributed by atoms with Crippen molar-refractivity contribution in [2.75, 3.05) is 11.2 Å². The summed E-state index contributed by atoms with van der Waals surface area (Å²) in [6.45, 7) is 1.08. The zero-order valence-corrected chi connectivity index (χ0v) is 27.0. The van der Waals surface area contributed by atoms with E-state index in [-0.39, 0.29) is 23.1 Å². The van der Waals surface area contributed by atoms with Crippen molar-refractivity contribution < 1.29 is 64.4 Å². The average Bonchev–Trinajstić information content (AvgIpc) is 3.43. The second kappa shape index (κ2) is 15.4. The van der Waals surface area contributed by atoms with E-state index >= 15 is 0 Å². The number of nitro benzene ring substituents is 1. The summed E-state index contributed by atoms with van der Waals surface area (Å²) in [7, 11) is -10.8. The van der Waals surface area contributed by atoms with E-state index in [0.29, 0.717) is 5.56 Å². The second-order valence-electron chi connectivity index (χ2n) is 9.31. The molecule has 0 bridgehead atoms. The van der Waals surface area contributed by atoms with Gasteiger partial charge in [-0.3, -0.25) is 43.2 Å². The van der Waals surface area contributed by atoms with E-state index in [4.69, 9.17) is 25.7 Å². The van der Waals surface area contributed by atoms with Crippen molar-refractivity contribution in [1.29, 1.82) is 0 Å². The number of amides is 4. The molecule has 0 saturated carbocycles. The summed E-state index contributed by atoms with van der Waals surface area (Å²) in [5, 5.41) is 19.7. The number of anilines is 1. The Kier molecular flexibility index (Phi) is 12.1. The molecule has 0 radical (unpaired) electrons. The second-order valence-corrected chi connectivity index (χ2v) is 12.9. The molecule has 0 aliphatic carbocycles. The number of aromatic nitrogens is 1. The Hall–Kier alpha value is -4.82. The lowest BCUT2D eigenvalue weighted by Crippen LogP contribution is -2.76. The van der Waals surface area contributed by atoms with E-state index in [2.05, 4.69) is 15.5 Å². The third kappa shape index (κ3) is 10.1. The molecule has 1 unspecified atom stereocenters. The Morgan fingerprint density at radius 1 is 1.19 bits per heavy atom. The molecule has 1 aliphatic heterocycles. The third-order valence-corrected chi connectivity index (χ3v) is 8.10. The number of carbonyl (C=O) groups is 5. The molecule has 1 aromatic carbocycles. The predicted molar refractivity (Wildman–Crippen MR) is 160 cm³/mol. The summed E-state index contributed by atoms with van der Waals surface area (Å²) in [4.78, 5) is 81.4. The number of non-ortho nitro benzene ring substituents is 1. The molecule has 26 heteroatoms. The SMILES string of the molecule is CC(CC(=O)OCc1ccc([N+](=O)[O-])cc1)ON=C(C(=O)N[C@H]1C(=O)N(S(=O)(=O)O)[C@H]1C(=O)NS(=O)(=O)O)c1csc(NC(=O)CCl)n1. The Bertz CT molecular complexity index is 1870. The number of thiazole rings is 1. The van der Waals surface area contributed by atoms with Gasteiger partial charge in [-0.1, -0.05) is 5.16 Å². The molecule has 22 nitrogen and oxygen atoms in total. The smallest absolute Gasteiger partial charge is 0.363 e. The number of halogens is 1. The summed E-state index contributed by atoms with van der Waals surface area (Å²) < 4.78 is 69.3. The number of nitro groups is 1. The highest BCUT2D eigenvalue weighted by Gasteiger charge is 2.58. The van der Waals surface area contributed by atoms with Crippen molar-refractivity contribution in [2.45, 2.75) is 38.1 Å². The molecule has 5 N–H and O–H groups in total. The maximum Gasteiger partial charge on any atom is 0.363 e. The van der Waals surface area contributed by atoms with Gasteiger partial charge in [-0.15, -0.1) is 22.9 Å². The molecule has 2 aromatic rings. The number of oxime groups is 1. The van der Waals surface area contributed by atoms with E-state index in [1.807, 2.05) is 5.32 Å². The number of nitrogens with one attached hydrogen (secondary N) is 3. The molecule has 1 aliphatic rings. The molecule has 48 heavy (non-hydrogen) atoms. The fourth-order valence-electron chi connectivity index (χ4n) is 3.66. The van der Waals surface area contributed by atoms with Gasteiger partial charge in [-0.25, -0.2) is 9.71 Å². The summed E-state index contributed by atoms with van der Waals surface area (Å²) in [5.74, 6) is -6.79. The van der Waals surface area contributed by atoms with E-state index < -0.39 is 95.6 Å². The van der Waals surface area contributed by atoms with Gasteiger partial charge >= 0.3 is 26.6 Å². The first-order valence-corrected chi connectivity index (χ1v) is 16.9. The molecule has 1 saturated heterocycles. The molecular formula is C22H22ClN7O15S3. The molecule has 2 heterocycles. The fraction of sp³-hybridized carbons (Fsp3) is 0.318. The zero-order chi connectivity index (χ0) is 36.0. The minimum atomic E-state index is -5.47. The number of benzene rings is 1. The van der Waals surface area contributed by atoms with Gasteiger partial charge in [-0.05, 0) is 24.6 Å². The van der Waals surface area contributed by atoms with E-state index in [9.17, 15) is 55.5 Å². The molecule has 3 rings (SSSR count). The summed E-state index contributed by atoms with van der Waals surface area (Å²) in [6.07, 6.45) is -1.57. The van der Waals surface area contributed by atoms with E-state index in [0.717, 1.165) is 16.1 Å². The number of carbonyl (C=O) groups excluding carboxylic acids is 5. The first-order chi connectivity index (χ1) is 22.3. The molecule has 260 valence electrons. The minimum Gasteiger partial charge on any atom is -0.461 e. The van der Waals surface area contributed by atoms with Crippen LogP contribution in [-0.4, -0.2) is 99.5 Å². The van der Waals surface area contributed by atoms with Crippen LogP contribution in [0.2, 0.25) is 0 Å². The Labute approximate surface area is 278 Å². The Morgan fingerprint density at radius 3 is 2.40 bits per heavy atom. The number of ether oxygens (including phenoxy) is 1. The normalized spacial score (nSPS) is 17.0. The summed E-state index contributed by atoms with van der Waals surface area (Å²) >= 11 is 6.22. The Balaban J connectivity index is 1.80. The van der Waals surface area contributed by atoms with Crippen LogP contribution in [0.15, 0.2) is 34.8 Å². The minimum absolute atomic E-state index is 0.0957. The van der Waals surface area contributed by atoms with Crippen LogP contribution < -0.4 is 15.4 Å². The van der Waals surface area contributed by atoms with Crippen LogP contribution in [0.1, 0.15) is 24.6 Å². The maximum atomic E-state index is 13.3. The quantitative estimate of drug-likeness (QED) is 0.0274. The topological polar surface area (TPSA) is 320 Å². The highest BCUT2D eigenvalue weighted by Crippen LogP contribution is 2.25. The lowest BCUT2D eigenvalue weighted by atomic mass is 9.98. The molecule has 3 atom stereocenters. The predicted octanol–water partition coefficient (Wildman–Crippen LogP) is -1.11. The fourth-order valence-corrected chi connectivity index (χ4v) is 5.66. The number of hydrogen-bond acceptors (Lipinski definition) is 16. The molecule has 0 spiro atoms. The summed E-state index contributed by atoms with van der Waals surface area (Å²) in [6, 6.07) is 0.615. The number of nitrogens with zero attached hydrogens (tertiary/aromatic N) is 4. The van der Waals surface area contributed by atoms with Gasteiger partial charge in [0.2, 0.25) is 5.91 Å². The van der Waals surface area contributed by atoms with Gasteiger partial charge in [0.25, 0.3) is 23.4 Å². The number of rotatable bonds is 15. The maximum absolute atomic E-state index is 13.3. The lowest BCUT2D eigenvalue weighted by molar-refractivity contribution is -0.384. The van der Waals surface area contributed by atoms with Crippen LogP contribution in [-0.2, 0) is 60.8 Å². The van der Waals surface area contributed by atoms with Crippen LogP contribution >= 0.6 is 22.9 Å². The van der Waals surface area contributed by atoms with Crippen LogP contribution in [0, 0.1) is 10.1 Å². The van der Waals surface area contributed by atoms with Gasteiger partial charge in [0.1, 0.15) is 30.3 Å². The van der Waals surface area contributed by atoms with Crippen molar-refractivity contribution in [3.8, 4) is 0 Å². The largest absolute Gasteiger partial charge is 0.461 e.